The SMILES string of the molecule is CC(=O)NC[C@H]1CN(c2ccc(-c3nnc(CCC[N+](=O)[O-])s3)c(F)c2)C(=O)O1. The van der Waals surface area contributed by atoms with Gasteiger partial charge >= 0.3 is 6.09 Å². The first-order valence-electron chi connectivity index (χ1n) is 8.80. The zero-order valence-corrected chi connectivity index (χ0v) is 16.3. The molecule has 0 aliphatic carbocycles. The minimum absolute atomic E-state index is 0.160. The first-order valence-corrected chi connectivity index (χ1v) is 9.62. The van der Waals surface area contributed by atoms with Crippen LogP contribution in [0.15, 0.2) is 18.2 Å². The maximum atomic E-state index is 14.6. The second-order valence-electron chi connectivity index (χ2n) is 6.38. The molecule has 1 saturated heterocycles. The van der Waals surface area contributed by atoms with Crippen LogP contribution in [0.1, 0.15) is 18.4 Å². The Kier molecular flexibility index (Phi) is 6.32. The zero-order chi connectivity index (χ0) is 21.0. The molecule has 12 heteroatoms. The number of nitro groups is 1. The fraction of sp³-hybridized carbons (Fsp3) is 0.412. The molecule has 0 spiro atoms. The van der Waals surface area contributed by atoms with Crippen molar-refractivity contribution in [1.82, 2.24) is 15.5 Å². The molecule has 0 unspecified atom stereocenters. The molecule has 1 aliphatic rings. The Morgan fingerprint density at radius 1 is 1.48 bits per heavy atom. The third-order valence-electron chi connectivity index (χ3n) is 4.15. The molecular formula is C17H18FN5O5S. The number of carbonyl (C=O) groups is 2. The van der Waals surface area contributed by atoms with Crippen LogP contribution in [-0.2, 0) is 16.0 Å². The molecule has 1 atom stereocenters. The molecule has 2 amide bonds. The van der Waals surface area contributed by atoms with Gasteiger partial charge in [0.05, 0.1) is 18.8 Å². The van der Waals surface area contributed by atoms with E-state index in [4.69, 9.17) is 4.74 Å². The van der Waals surface area contributed by atoms with E-state index in [0.29, 0.717) is 28.5 Å². The van der Waals surface area contributed by atoms with Gasteiger partial charge in [-0.15, -0.1) is 10.2 Å². The summed E-state index contributed by atoms with van der Waals surface area (Å²) in [4.78, 5) is 34.3. The third kappa shape index (κ3) is 5.22. The molecule has 3 rings (SSSR count). The normalized spacial score (nSPS) is 16.0. The van der Waals surface area contributed by atoms with Crippen LogP contribution >= 0.6 is 11.3 Å². The summed E-state index contributed by atoms with van der Waals surface area (Å²) >= 11 is 1.17. The lowest BCUT2D eigenvalue weighted by Crippen LogP contribution is -2.33. The molecule has 0 radical (unpaired) electrons. The maximum Gasteiger partial charge on any atom is 0.414 e. The van der Waals surface area contributed by atoms with E-state index < -0.39 is 22.9 Å². The molecule has 1 N–H and O–H groups in total. The van der Waals surface area contributed by atoms with Crippen LogP contribution < -0.4 is 10.2 Å². The van der Waals surface area contributed by atoms with Gasteiger partial charge in [-0.05, 0) is 18.2 Å². The van der Waals surface area contributed by atoms with E-state index in [1.807, 2.05) is 0 Å². The molecule has 1 fully saturated rings. The van der Waals surface area contributed by atoms with Gasteiger partial charge < -0.3 is 10.1 Å². The van der Waals surface area contributed by atoms with Crippen molar-refractivity contribution in [3.8, 4) is 10.6 Å². The summed E-state index contributed by atoms with van der Waals surface area (Å²) in [5, 5.41) is 21.8. The lowest BCUT2D eigenvalue weighted by molar-refractivity contribution is -0.480. The van der Waals surface area contributed by atoms with Crippen molar-refractivity contribution < 1.29 is 23.6 Å². The first-order chi connectivity index (χ1) is 13.8. The van der Waals surface area contributed by atoms with Gasteiger partial charge in [0.2, 0.25) is 12.5 Å². The second-order valence-corrected chi connectivity index (χ2v) is 7.44. The molecule has 2 aromatic rings. The number of anilines is 1. The van der Waals surface area contributed by atoms with Crippen molar-refractivity contribution in [2.24, 2.45) is 0 Å². The second kappa shape index (κ2) is 8.90. The first kappa shape index (κ1) is 20.6. The van der Waals surface area contributed by atoms with Crippen LogP contribution in [0.2, 0.25) is 0 Å². The number of amides is 2. The molecule has 154 valence electrons. The van der Waals surface area contributed by atoms with E-state index in [-0.39, 0.29) is 31.1 Å². The number of ether oxygens (including phenoxy) is 1. The van der Waals surface area contributed by atoms with Crippen molar-refractivity contribution in [2.75, 3.05) is 24.5 Å². The summed E-state index contributed by atoms with van der Waals surface area (Å²) in [6.07, 6.45) is -0.400. The number of nitrogens with one attached hydrogen (secondary N) is 1. The van der Waals surface area contributed by atoms with Crippen molar-refractivity contribution in [3.63, 3.8) is 0 Å². The van der Waals surface area contributed by atoms with Crippen molar-refractivity contribution in [1.29, 1.82) is 0 Å². The smallest absolute Gasteiger partial charge is 0.414 e. The summed E-state index contributed by atoms with van der Waals surface area (Å²) in [7, 11) is 0. The molecule has 1 aliphatic heterocycles. The number of rotatable bonds is 8. The number of halogens is 1. The zero-order valence-electron chi connectivity index (χ0n) is 15.5. The Hall–Kier alpha value is -3.15. The molecule has 10 nitrogen and oxygen atoms in total. The van der Waals surface area contributed by atoms with Gasteiger partial charge in [-0.25, -0.2) is 9.18 Å². The van der Waals surface area contributed by atoms with E-state index >= 15 is 0 Å². The average molecular weight is 423 g/mol. The van der Waals surface area contributed by atoms with Crippen LogP contribution in [0, 0.1) is 15.9 Å². The monoisotopic (exact) mass is 423 g/mol. The number of hydrogen-bond acceptors (Lipinski definition) is 8. The number of hydrogen-bond donors (Lipinski definition) is 1. The summed E-state index contributed by atoms with van der Waals surface area (Å²) in [5.41, 5.74) is 0.562. The van der Waals surface area contributed by atoms with Crippen LogP contribution in [-0.4, -0.2) is 52.9 Å². The number of carbonyl (C=O) groups excluding carboxylic acids is 2. The lowest BCUT2D eigenvalue weighted by atomic mass is 10.2. The molecular weight excluding hydrogens is 405 g/mol. The Morgan fingerprint density at radius 3 is 2.97 bits per heavy atom. The fourth-order valence-corrected chi connectivity index (χ4v) is 3.67. The van der Waals surface area contributed by atoms with Crippen LogP contribution in [0.4, 0.5) is 14.9 Å². The number of cyclic esters (lactones) is 1. The van der Waals surface area contributed by atoms with Crippen LogP contribution in [0.5, 0.6) is 0 Å². The number of nitrogens with zero attached hydrogens (tertiary/aromatic N) is 4. The fourth-order valence-electron chi connectivity index (χ4n) is 2.76. The summed E-state index contributed by atoms with van der Waals surface area (Å²) < 4.78 is 19.8. The van der Waals surface area contributed by atoms with Gasteiger partial charge in [-0.3, -0.25) is 19.8 Å². The molecule has 1 aromatic heterocycles. The molecule has 2 heterocycles. The predicted octanol–water partition coefficient (Wildman–Crippen LogP) is 2.01. The van der Waals surface area contributed by atoms with Gasteiger partial charge in [0.15, 0.2) is 5.01 Å². The molecule has 1 aromatic carbocycles. The van der Waals surface area contributed by atoms with E-state index in [0.717, 1.165) is 0 Å². The highest BCUT2D eigenvalue weighted by atomic mass is 32.1. The number of aryl methyl sites for hydroxylation is 1. The third-order valence-corrected chi connectivity index (χ3v) is 5.16. The summed E-state index contributed by atoms with van der Waals surface area (Å²) in [6, 6.07) is 4.29. The van der Waals surface area contributed by atoms with Gasteiger partial charge in [0, 0.05) is 30.3 Å². The molecule has 0 saturated carbocycles. The Bertz CT molecular complexity index is 937. The van der Waals surface area contributed by atoms with Gasteiger partial charge in [0.25, 0.3) is 0 Å². The van der Waals surface area contributed by atoms with Crippen molar-refractivity contribution >= 4 is 29.0 Å². The number of benzene rings is 1. The minimum Gasteiger partial charge on any atom is -0.442 e. The quantitative estimate of drug-likeness (QED) is 0.508. The largest absolute Gasteiger partial charge is 0.442 e. The van der Waals surface area contributed by atoms with Crippen LogP contribution in [0.3, 0.4) is 0 Å². The van der Waals surface area contributed by atoms with Gasteiger partial charge in [0.1, 0.15) is 16.9 Å². The average Bonchev–Trinajstić information content (AvgIpc) is 3.26. The van der Waals surface area contributed by atoms with Gasteiger partial charge in [-0.2, -0.15) is 0 Å². The molecule has 29 heavy (non-hydrogen) atoms. The van der Waals surface area contributed by atoms with Crippen molar-refractivity contribution in [3.05, 3.63) is 39.1 Å². The minimum atomic E-state index is -0.614. The summed E-state index contributed by atoms with van der Waals surface area (Å²) in [6.45, 7) is 1.58. The summed E-state index contributed by atoms with van der Waals surface area (Å²) in [5.74, 6) is -0.807. The van der Waals surface area contributed by atoms with E-state index in [9.17, 15) is 24.1 Å². The Morgan fingerprint density at radius 2 is 2.28 bits per heavy atom. The van der Waals surface area contributed by atoms with E-state index in [1.165, 1.54) is 35.3 Å². The molecule has 0 bridgehead atoms. The standard InChI is InChI=1S/C17H18FN5O5S/c1-10(24)19-8-12-9-22(17(25)28-12)11-4-5-13(14(18)7-11)16-21-20-15(29-16)3-2-6-23(26)27/h4-5,7,12H,2-3,6,8-9H2,1H3,(H,19,24)/t12-/m0/s1. The topological polar surface area (TPSA) is 128 Å². The maximum absolute atomic E-state index is 14.6. The predicted molar refractivity (Wildman–Crippen MR) is 102 cm³/mol. The lowest BCUT2D eigenvalue weighted by Gasteiger charge is -2.14. The number of aromatic nitrogens is 2. The Labute approximate surface area is 168 Å². The highest BCUT2D eigenvalue weighted by Gasteiger charge is 2.32. The van der Waals surface area contributed by atoms with E-state index in [2.05, 4.69) is 15.5 Å². The Balaban J connectivity index is 1.67. The van der Waals surface area contributed by atoms with Crippen LogP contribution in [0.25, 0.3) is 10.6 Å². The van der Waals surface area contributed by atoms with Crippen molar-refractivity contribution in [2.45, 2.75) is 25.9 Å². The highest BCUT2D eigenvalue weighted by Crippen LogP contribution is 2.31. The van der Waals surface area contributed by atoms with E-state index in [1.54, 1.807) is 6.07 Å². The highest BCUT2D eigenvalue weighted by molar-refractivity contribution is 7.14. The van der Waals surface area contributed by atoms with Gasteiger partial charge in [-0.1, -0.05) is 11.3 Å².